The van der Waals surface area contributed by atoms with Gasteiger partial charge in [-0.3, -0.25) is 4.99 Å². The molecule has 6 rings (SSSR count). The van der Waals surface area contributed by atoms with E-state index < -0.39 is 5.97 Å². The average molecular weight is 458 g/mol. The maximum Gasteiger partial charge on any atom is 0.335 e. The number of nitrogens with one attached hydrogen (secondary N) is 2. The van der Waals surface area contributed by atoms with Crippen LogP contribution in [0.2, 0.25) is 0 Å². The minimum Gasteiger partial charge on any atom is -0.478 e. The molecule has 0 spiro atoms. The van der Waals surface area contributed by atoms with E-state index in [1.54, 1.807) is 24.3 Å². The summed E-state index contributed by atoms with van der Waals surface area (Å²) in [5.41, 5.74) is 1.12. The van der Waals surface area contributed by atoms with Crippen LogP contribution in [-0.4, -0.2) is 53.3 Å². The van der Waals surface area contributed by atoms with Gasteiger partial charge in [0.05, 0.1) is 18.2 Å². The molecular weight excluding hydrogens is 422 g/mol. The summed E-state index contributed by atoms with van der Waals surface area (Å²) in [7, 11) is 0. The van der Waals surface area contributed by atoms with Crippen LogP contribution in [0, 0.1) is 17.8 Å². The summed E-state index contributed by atoms with van der Waals surface area (Å²) in [6.07, 6.45) is 11.1. The van der Waals surface area contributed by atoms with Crippen LogP contribution in [0.1, 0.15) is 61.7 Å². The first kappa shape index (κ1) is 22.1. The fraction of sp³-hybridized carbons (Fsp3) is 0.680. The van der Waals surface area contributed by atoms with Crippen molar-refractivity contribution in [2.75, 3.05) is 30.8 Å². The van der Waals surface area contributed by atoms with Crippen molar-refractivity contribution in [1.29, 1.82) is 0 Å². The van der Waals surface area contributed by atoms with E-state index in [0.717, 1.165) is 61.1 Å². The second kappa shape index (κ2) is 9.64. The first-order valence-corrected chi connectivity index (χ1v) is 13.2. The topological polar surface area (TPSA) is 83.0 Å². The quantitative estimate of drug-likeness (QED) is 0.300. The Hall–Kier alpha value is -1.73. The Morgan fingerprint density at radius 3 is 2.41 bits per heavy atom. The number of anilines is 1. The van der Waals surface area contributed by atoms with Gasteiger partial charge in [0.15, 0.2) is 5.96 Å². The minimum absolute atomic E-state index is 0.199. The van der Waals surface area contributed by atoms with E-state index in [1.807, 2.05) is 0 Å². The molecule has 1 aliphatic heterocycles. The number of guanidine groups is 1. The van der Waals surface area contributed by atoms with Gasteiger partial charge in [0.1, 0.15) is 0 Å². The fourth-order valence-corrected chi connectivity index (χ4v) is 8.30. The molecule has 5 aliphatic rings. The van der Waals surface area contributed by atoms with Gasteiger partial charge in [-0.05, 0) is 93.4 Å². The molecular formula is C25H35N3O3S. The molecule has 1 heterocycles. The Kier molecular flexibility index (Phi) is 6.65. The number of thioether (sulfide) groups is 1. The number of rotatable bonds is 8. The minimum atomic E-state index is -0.913. The van der Waals surface area contributed by atoms with Crippen LogP contribution in [0.5, 0.6) is 0 Å². The van der Waals surface area contributed by atoms with E-state index in [2.05, 4.69) is 22.4 Å². The average Bonchev–Trinajstić information content (AvgIpc) is 3.28. The van der Waals surface area contributed by atoms with Gasteiger partial charge in [-0.1, -0.05) is 0 Å². The lowest BCUT2D eigenvalue weighted by Gasteiger charge is -2.56. The molecule has 32 heavy (non-hydrogen) atoms. The molecule has 1 aromatic rings. The van der Waals surface area contributed by atoms with Gasteiger partial charge < -0.3 is 20.5 Å². The molecule has 5 fully saturated rings. The lowest BCUT2D eigenvalue weighted by atomic mass is 9.56. The lowest BCUT2D eigenvalue weighted by molar-refractivity contribution is 0.0383. The number of benzene rings is 1. The molecule has 174 valence electrons. The number of hydrogen-bond donors (Lipinski definition) is 3. The van der Waals surface area contributed by atoms with Crippen LogP contribution in [0.4, 0.5) is 5.69 Å². The summed E-state index contributed by atoms with van der Waals surface area (Å²) >= 11 is 2.20. The largest absolute Gasteiger partial charge is 0.478 e. The highest BCUT2D eigenvalue weighted by Crippen LogP contribution is 2.60. The molecule has 6 nitrogen and oxygen atoms in total. The number of carboxylic acid groups (broad SMARTS) is 1. The molecule has 1 saturated heterocycles. The molecule has 7 heteroatoms. The second-order valence-electron chi connectivity index (χ2n) is 10.2. The summed E-state index contributed by atoms with van der Waals surface area (Å²) < 4.78 is 6.26. The summed E-state index contributed by atoms with van der Waals surface area (Å²) in [5, 5.41) is 16.0. The first-order valence-electron chi connectivity index (χ1n) is 12.2. The van der Waals surface area contributed by atoms with Crippen molar-refractivity contribution in [3.63, 3.8) is 0 Å². The van der Waals surface area contributed by atoms with Crippen LogP contribution >= 0.6 is 11.8 Å². The number of hydrogen-bond acceptors (Lipinski definition) is 4. The Balaban J connectivity index is 1.16. The van der Waals surface area contributed by atoms with E-state index >= 15 is 0 Å². The van der Waals surface area contributed by atoms with Crippen molar-refractivity contribution in [3.8, 4) is 0 Å². The van der Waals surface area contributed by atoms with Crippen LogP contribution < -0.4 is 10.6 Å². The monoisotopic (exact) mass is 457 g/mol. The maximum atomic E-state index is 11.1. The molecule has 0 amide bonds. The zero-order valence-corrected chi connectivity index (χ0v) is 19.5. The van der Waals surface area contributed by atoms with Crippen LogP contribution in [0.25, 0.3) is 0 Å². The number of carbonyl (C=O) groups is 1. The molecule has 1 aromatic carbocycles. The first-order chi connectivity index (χ1) is 15.6. The molecule has 3 N–H and O–H groups in total. The summed E-state index contributed by atoms with van der Waals surface area (Å²) in [6, 6.07) is 6.81. The molecule has 4 bridgehead atoms. The number of carboxylic acids is 1. The maximum absolute atomic E-state index is 11.1. The third-order valence-corrected chi connectivity index (χ3v) is 9.18. The zero-order valence-electron chi connectivity index (χ0n) is 18.7. The van der Waals surface area contributed by atoms with Crippen LogP contribution in [-0.2, 0) is 4.74 Å². The molecule has 0 aromatic heterocycles. The second-order valence-corrected chi connectivity index (χ2v) is 11.8. The van der Waals surface area contributed by atoms with E-state index in [-0.39, 0.29) is 11.7 Å². The Morgan fingerprint density at radius 2 is 1.81 bits per heavy atom. The number of nitrogens with zero attached hydrogens (tertiary/aromatic N) is 1. The van der Waals surface area contributed by atoms with Crippen LogP contribution in [0.15, 0.2) is 29.3 Å². The third-order valence-electron chi connectivity index (χ3n) is 7.66. The summed E-state index contributed by atoms with van der Waals surface area (Å²) in [5.74, 6) is 3.88. The Bertz CT molecular complexity index is 800. The van der Waals surface area contributed by atoms with E-state index in [1.165, 1.54) is 38.5 Å². The standard InChI is InChI=1S/C25H35N3O3S/c29-23(30)20-3-5-21(6-4-20)28-24(27-16-22-2-1-8-31-22)26-7-9-32-25-13-17-10-18(14-25)12-19(11-17)15-25/h3-6,17-19,22H,1-2,7-16H2,(H,29,30)(H2,26,27,28)/t17?,18?,19?,22-,25?/m0/s1. The Labute approximate surface area is 195 Å². The third kappa shape index (κ3) is 5.25. The molecule has 4 aliphatic carbocycles. The summed E-state index contributed by atoms with van der Waals surface area (Å²) in [6.45, 7) is 2.34. The SMILES string of the molecule is O=C(O)c1ccc(NC(=NC[C@@H]2CCCO2)NCCSC23CC4CC(CC(C4)C2)C3)cc1. The van der Waals surface area contributed by atoms with Gasteiger partial charge in [0.25, 0.3) is 0 Å². The van der Waals surface area contributed by atoms with Crippen molar-refractivity contribution >= 4 is 29.4 Å². The lowest BCUT2D eigenvalue weighted by Crippen LogP contribution is -2.49. The van der Waals surface area contributed by atoms with Crippen LogP contribution in [0.3, 0.4) is 0 Å². The van der Waals surface area contributed by atoms with Crippen molar-refractivity contribution in [1.82, 2.24) is 5.32 Å². The number of aromatic carboxylic acids is 1. The predicted molar refractivity (Wildman–Crippen MR) is 130 cm³/mol. The van der Waals surface area contributed by atoms with Gasteiger partial charge >= 0.3 is 5.97 Å². The number of aliphatic imine (C=N–C) groups is 1. The fourth-order valence-electron chi connectivity index (χ4n) is 6.60. The summed E-state index contributed by atoms with van der Waals surface area (Å²) in [4.78, 5) is 15.9. The van der Waals surface area contributed by atoms with Crippen molar-refractivity contribution < 1.29 is 14.6 Å². The van der Waals surface area contributed by atoms with Gasteiger partial charge in [0, 0.05) is 29.3 Å². The normalized spacial score (nSPS) is 33.4. The molecule has 0 radical (unpaired) electrons. The smallest absolute Gasteiger partial charge is 0.335 e. The zero-order chi connectivity index (χ0) is 22.0. The Morgan fingerprint density at radius 1 is 1.12 bits per heavy atom. The van der Waals surface area contributed by atoms with E-state index in [9.17, 15) is 4.79 Å². The highest BCUT2D eigenvalue weighted by atomic mass is 32.2. The van der Waals surface area contributed by atoms with E-state index in [4.69, 9.17) is 14.8 Å². The van der Waals surface area contributed by atoms with Crippen molar-refractivity contribution in [2.24, 2.45) is 22.7 Å². The highest BCUT2D eigenvalue weighted by molar-refractivity contribution is 8.00. The molecule has 1 atom stereocenters. The predicted octanol–water partition coefficient (Wildman–Crippen LogP) is 4.62. The van der Waals surface area contributed by atoms with Gasteiger partial charge in [-0.2, -0.15) is 11.8 Å². The molecule has 0 unspecified atom stereocenters. The molecule has 4 saturated carbocycles. The highest BCUT2D eigenvalue weighted by Gasteiger charge is 2.50. The van der Waals surface area contributed by atoms with Crippen molar-refractivity contribution in [2.45, 2.75) is 62.2 Å². The van der Waals surface area contributed by atoms with Gasteiger partial charge in [-0.25, -0.2) is 4.79 Å². The van der Waals surface area contributed by atoms with Gasteiger partial charge in [-0.15, -0.1) is 0 Å². The van der Waals surface area contributed by atoms with Crippen molar-refractivity contribution in [3.05, 3.63) is 29.8 Å². The van der Waals surface area contributed by atoms with E-state index in [0.29, 0.717) is 11.3 Å². The number of ether oxygens (including phenoxy) is 1. The van der Waals surface area contributed by atoms with Gasteiger partial charge in [0.2, 0.25) is 0 Å².